The lowest BCUT2D eigenvalue weighted by atomic mass is 9.78. The van der Waals surface area contributed by atoms with Crippen LogP contribution in [0, 0.1) is 11.8 Å². The largest absolute Gasteiger partial charge is 0.490 e. The van der Waals surface area contributed by atoms with Crippen molar-refractivity contribution in [3.63, 3.8) is 0 Å². The smallest absolute Gasteiger partial charge is 0.416 e. The molecule has 0 spiro atoms. The molecular formula is C20H22F3NO3. The average Bonchev–Trinajstić information content (AvgIpc) is 2.62. The Labute approximate surface area is 155 Å². The first kappa shape index (κ1) is 19.5. The molecule has 7 heteroatoms. The summed E-state index contributed by atoms with van der Waals surface area (Å²) >= 11 is 0. The Morgan fingerprint density at radius 2 is 1.96 bits per heavy atom. The van der Waals surface area contributed by atoms with Gasteiger partial charge in [-0.05, 0) is 62.3 Å². The zero-order valence-electron chi connectivity index (χ0n) is 15.0. The number of carboxylic acid groups (broad SMARTS) is 1. The molecule has 1 unspecified atom stereocenters. The summed E-state index contributed by atoms with van der Waals surface area (Å²) < 4.78 is 44.7. The number of pyridine rings is 1. The zero-order chi connectivity index (χ0) is 19.6. The molecule has 146 valence electrons. The fraction of sp³-hybridized carbons (Fsp3) is 0.500. The van der Waals surface area contributed by atoms with E-state index in [1.807, 2.05) is 6.92 Å². The Morgan fingerprint density at radius 1 is 1.26 bits per heavy atom. The molecule has 1 saturated carbocycles. The molecule has 1 N–H and O–H groups in total. The molecule has 0 bridgehead atoms. The fourth-order valence-corrected chi connectivity index (χ4v) is 3.90. The molecule has 1 fully saturated rings. The van der Waals surface area contributed by atoms with Gasteiger partial charge in [0.05, 0.1) is 23.1 Å². The van der Waals surface area contributed by atoms with Crippen molar-refractivity contribution in [1.29, 1.82) is 0 Å². The van der Waals surface area contributed by atoms with Crippen LogP contribution in [-0.2, 0) is 11.0 Å². The monoisotopic (exact) mass is 381 g/mol. The number of halogens is 3. The Morgan fingerprint density at radius 3 is 2.56 bits per heavy atom. The van der Waals surface area contributed by atoms with Crippen molar-refractivity contribution in [1.82, 2.24) is 4.98 Å². The first-order valence-electron chi connectivity index (χ1n) is 9.15. The molecule has 1 atom stereocenters. The number of alkyl halides is 3. The van der Waals surface area contributed by atoms with Gasteiger partial charge < -0.3 is 9.84 Å². The summed E-state index contributed by atoms with van der Waals surface area (Å²) in [6, 6.07) is 5.11. The number of carboxylic acids is 1. The summed E-state index contributed by atoms with van der Waals surface area (Å²) in [6.45, 7) is 1.89. The second kappa shape index (κ2) is 7.74. The Balaban J connectivity index is 1.72. The van der Waals surface area contributed by atoms with E-state index < -0.39 is 17.7 Å². The van der Waals surface area contributed by atoms with Crippen molar-refractivity contribution in [2.24, 2.45) is 11.8 Å². The third-order valence-electron chi connectivity index (χ3n) is 5.37. The topological polar surface area (TPSA) is 59.4 Å². The molecule has 2 aromatic rings. The van der Waals surface area contributed by atoms with Crippen molar-refractivity contribution in [3.8, 4) is 5.75 Å². The number of hydrogen-bond acceptors (Lipinski definition) is 3. The van der Waals surface area contributed by atoms with Gasteiger partial charge in [-0.1, -0.05) is 6.92 Å². The van der Waals surface area contributed by atoms with Crippen LogP contribution in [0.1, 0.15) is 44.6 Å². The molecule has 0 radical (unpaired) electrons. The second-order valence-corrected chi connectivity index (χ2v) is 7.05. The van der Waals surface area contributed by atoms with E-state index in [0.29, 0.717) is 17.6 Å². The highest BCUT2D eigenvalue weighted by molar-refractivity contribution is 5.85. The SMILES string of the molecule is CCC(C(=O)O)C1CCC(Oc2ccnc3cc(C(F)(F)F)ccc23)CC1. The summed E-state index contributed by atoms with van der Waals surface area (Å²) in [7, 11) is 0. The van der Waals surface area contributed by atoms with Gasteiger partial charge in [0.2, 0.25) is 0 Å². The van der Waals surface area contributed by atoms with Gasteiger partial charge in [-0.3, -0.25) is 9.78 Å². The van der Waals surface area contributed by atoms with Crippen LogP contribution in [0.2, 0.25) is 0 Å². The van der Waals surface area contributed by atoms with E-state index in [-0.39, 0.29) is 23.5 Å². The van der Waals surface area contributed by atoms with E-state index in [1.54, 1.807) is 6.07 Å². The van der Waals surface area contributed by atoms with Gasteiger partial charge in [0, 0.05) is 11.6 Å². The summed E-state index contributed by atoms with van der Waals surface area (Å²) in [4.78, 5) is 15.4. The van der Waals surface area contributed by atoms with E-state index in [1.165, 1.54) is 12.3 Å². The van der Waals surface area contributed by atoms with E-state index in [4.69, 9.17) is 4.74 Å². The van der Waals surface area contributed by atoms with Crippen LogP contribution in [0.5, 0.6) is 5.75 Å². The van der Waals surface area contributed by atoms with Gasteiger partial charge in [-0.15, -0.1) is 0 Å². The first-order chi connectivity index (χ1) is 12.8. The van der Waals surface area contributed by atoms with Crippen molar-refractivity contribution in [2.45, 2.75) is 51.3 Å². The van der Waals surface area contributed by atoms with E-state index >= 15 is 0 Å². The third kappa shape index (κ3) is 4.34. The molecule has 27 heavy (non-hydrogen) atoms. The second-order valence-electron chi connectivity index (χ2n) is 7.05. The fourth-order valence-electron chi connectivity index (χ4n) is 3.90. The van der Waals surface area contributed by atoms with Crippen molar-refractivity contribution < 1.29 is 27.8 Å². The average molecular weight is 381 g/mol. The number of aromatic nitrogens is 1. The van der Waals surface area contributed by atoms with Crippen molar-refractivity contribution in [2.75, 3.05) is 0 Å². The van der Waals surface area contributed by atoms with Gasteiger partial charge in [-0.2, -0.15) is 13.2 Å². The maximum absolute atomic E-state index is 12.9. The minimum atomic E-state index is -4.41. The Bertz CT molecular complexity index is 814. The van der Waals surface area contributed by atoms with Gasteiger partial charge in [0.1, 0.15) is 5.75 Å². The number of aliphatic carboxylic acids is 1. The highest BCUT2D eigenvalue weighted by atomic mass is 19.4. The lowest BCUT2D eigenvalue weighted by molar-refractivity contribution is -0.144. The number of nitrogens with zero attached hydrogens (tertiary/aromatic N) is 1. The Kier molecular flexibility index (Phi) is 5.58. The maximum atomic E-state index is 12.9. The molecule has 1 aromatic carbocycles. The lowest BCUT2D eigenvalue weighted by Gasteiger charge is -2.32. The van der Waals surface area contributed by atoms with Crippen molar-refractivity contribution >= 4 is 16.9 Å². The van der Waals surface area contributed by atoms with Crippen LogP contribution in [0.25, 0.3) is 10.9 Å². The zero-order valence-corrected chi connectivity index (χ0v) is 15.0. The maximum Gasteiger partial charge on any atom is 0.416 e. The molecule has 0 aliphatic heterocycles. The van der Waals surface area contributed by atoms with Gasteiger partial charge in [0.15, 0.2) is 0 Å². The van der Waals surface area contributed by atoms with Crippen LogP contribution in [0.4, 0.5) is 13.2 Å². The summed E-state index contributed by atoms with van der Waals surface area (Å²) in [5.74, 6) is -0.408. The third-order valence-corrected chi connectivity index (χ3v) is 5.37. The quantitative estimate of drug-likeness (QED) is 0.763. The lowest BCUT2D eigenvalue weighted by Crippen LogP contribution is -2.31. The molecule has 0 saturated heterocycles. The van der Waals surface area contributed by atoms with Gasteiger partial charge in [-0.25, -0.2) is 0 Å². The summed E-state index contributed by atoms with van der Waals surface area (Å²) in [6.07, 6.45) is 0.597. The molecule has 1 heterocycles. The minimum Gasteiger partial charge on any atom is -0.490 e. The normalized spacial score (nSPS) is 21.8. The first-order valence-corrected chi connectivity index (χ1v) is 9.15. The number of hydrogen-bond donors (Lipinski definition) is 1. The standard InChI is InChI=1S/C20H22F3NO3/c1-2-15(19(25)26)12-3-6-14(7-4-12)27-18-9-10-24-17-11-13(20(21,22)23)5-8-16(17)18/h5,8-12,14-15H,2-4,6-7H2,1H3,(H,25,26). The Hall–Kier alpha value is -2.31. The van der Waals surface area contributed by atoms with E-state index in [2.05, 4.69) is 4.98 Å². The van der Waals surface area contributed by atoms with E-state index in [9.17, 15) is 23.1 Å². The van der Waals surface area contributed by atoms with Gasteiger partial charge >= 0.3 is 12.1 Å². The number of rotatable bonds is 5. The molecular weight excluding hydrogens is 359 g/mol. The van der Waals surface area contributed by atoms with Gasteiger partial charge in [0.25, 0.3) is 0 Å². The summed E-state index contributed by atoms with van der Waals surface area (Å²) in [5, 5.41) is 9.85. The number of carbonyl (C=O) groups is 1. The molecule has 3 rings (SSSR count). The predicted molar refractivity (Wildman–Crippen MR) is 94.5 cm³/mol. The van der Waals surface area contributed by atoms with Crippen LogP contribution < -0.4 is 4.74 Å². The predicted octanol–water partition coefficient (Wildman–Crippen LogP) is 5.30. The van der Waals surface area contributed by atoms with Crippen LogP contribution in [-0.4, -0.2) is 22.2 Å². The molecule has 1 aromatic heterocycles. The van der Waals surface area contributed by atoms with E-state index in [0.717, 1.165) is 37.8 Å². The molecule has 1 aliphatic rings. The van der Waals surface area contributed by atoms with Crippen LogP contribution in [0.3, 0.4) is 0 Å². The highest BCUT2D eigenvalue weighted by Gasteiger charge is 2.32. The molecule has 0 amide bonds. The van der Waals surface area contributed by atoms with Crippen LogP contribution >= 0.6 is 0 Å². The summed E-state index contributed by atoms with van der Waals surface area (Å²) in [5.41, 5.74) is -0.493. The highest BCUT2D eigenvalue weighted by Crippen LogP contribution is 2.36. The van der Waals surface area contributed by atoms with Crippen molar-refractivity contribution in [3.05, 3.63) is 36.0 Å². The molecule has 1 aliphatic carbocycles. The van der Waals surface area contributed by atoms with Crippen LogP contribution in [0.15, 0.2) is 30.5 Å². The number of ether oxygens (including phenoxy) is 1. The molecule has 4 nitrogen and oxygen atoms in total. The minimum absolute atomic E-state index is 0.0690. The number of fused-ring (bicyclic) bond motifs is 1. The number of benzene rings is 1.